The van der Waals surface area contributed by atoms with Gasteiger partial charge >= 0.3 is 5.97 Å². The molecular weight excluding hydrogens is 412 g/mol. The van der Waals surface area contributed by atoms with Crippen molar-refractivity contribution in [3.63, 3.8) is 0 Å². The number of hydrogen-bond donors (Lipinski definition) is 1. The van der Waals surface area contributed by atoms with Gasteiger partial charge in [-0.1, -0.05) is 28.1 Å². The van der Waals surface area contributed by atoms with E-state index in [1.165, 1.54) is 6.33 Å². The van der Waals surface area contributed by atoms with Gasteiger partial charge in [0.05, 0.1) is 18.2 Å². The molecule has 0 saturated carbocycles. The smallest absolute Gasteiger partial charge is 0.359 e. The molecule has 1 N–H and O–H groups in total. The summed E-state index contributed by atoms with van der Waals surface area (Å²) in [6, 6.07) is 7.81. The Morgan fingerprint density at radius 1 is 1.33 bits per heavy atom. The van der Waals surface area contributed by atoms with Crippen LogP contribution in [0.5, 0.6) is 0 Å². The van der Waals surface area contributed by atoms with Crippen molar-refractivity contribution in [1.29, 1.82) is 0 Å². The van der Waals surface area contributed by atoms with Crippen molar-refractivity contribution in [3.05, 3.63) is 52.5 Å². The fourth-order valence-corrected chi connectivity index (χ4v) is 3.67. The third-order valence-corrected chi connectivity index (χ3v) is 5.21. The molecular formula is C19H17BrN4O3. The zero-order valence-corrected chi connectivity index (χ0v) is 16.2. The van der Waals surface area contributed by atoms with Gasteiger partial charge in [-0.15, -0.1) is 0 Å². The van der Waals surface area contributed by atoms with Crippen LogP contribution in [0.25, 0.3) is 11.0 Å². The van der Waals surface area contributed by atoms with E-state index in [-0.39, 0.29) is 24.1 Å². The lowest BCUT2D eigenvalue weighted by molar-refractivity contribution is -0.118. The SMILES string of the molecule is CCOC(=O)c1ncnc2c(N3CCC(c4ccc(Br)cc4)C3=O)c[nH]c12. The normalized spacial score (nSPS) is 16.9. The minimum atomic E-state index is -0.515. The molecule has 1 aromatic carbocycles. The molecule has 1 aliphatic rings. The first kappa shape index (κ1) is 17.7. The van der Waals surface area contributed by atoms with E-state index in [9.17, 15) is 9.59 Å². The summed E-state index contributed by atoms with van der Waals surface area (Å²) in [5, 5.41) is 0. The lowest BCUT2D eigenvalue weighted by atomic mass is 9.98. The molecule has 0 bridgehead atoms. The molecule has 0 spiro atoms. The number of benzene rings is 1. The molecule has 7 nitrogen and oxygen atoms in total. The molecule has 27 heavy (non-hydrogen) atoms. The Bertz CT molecular complexity index is 1020. The number of aromatic nitrogens is 3. The number of carbonyl (C=O) groups is 2. The van der Waals surface area contributed by atoms with Gasteiger partial charge in [-0.2, -0.15) is 0 Å². The Hall–Kier alpha value is -2.74. The van der Waals surface area contributed by atoms with Crippen molar-refractivity contribution < 1.29 is 14.3 Å². The lowest BCUT2D eigenvalue weighted by Crippen LogP contribution is -2.26. The van der Waals surface area contributed by atoms with E-state index in [2.05, 4.69) is 30.9 Å². The average Bonchev–Trinajstić information content (AvgIpc) is 3.26. The van der Waals surface area contributed by atoms with Crippen LogP contribution in [0.2, 0.25) is 0 Å². The number of nitrogens with zero attached hydrogens (tertiary/aromatic N) is 3. The van der Waals surface area contributed by atoms with Crippen LogP contribution < -0.4 is 4.90 Å². The summed E-state index contributed by atoms with van der Waals surface area (Å²) in [4.78, 5) is 38.2. The van der Waals surface area contributed by atoms with Gasteiger partial charge in [-0.05, 0) is 31.0 Å². The second-order valence-corrected chi connectivity index (χ2v) is 7.14. The van der Waals surface area contributed by atoms with E-state index >= 15 is 0 Å². The maximum absolute atomic E-state index is 13.0. The van der Waals surface area contributed by atoms with Crippen LogP contribution in [-0.2, 0) is 9.53 Å². The fraction of sp³-hybridized carbons (Fsp3) is 0.263. The number of nitrogens with one attached hydrogen (secondary N) is 1. The number of rotatable bonds is 4. The third kappa shape index (κ3) is 3.10. The number of carbonyl (C=O) groups excluding carboxylic acids is 2. The Morgan fingerprint density at radius 2 is 2.11 bits per heavy atom. The number of H-pyrrole nitrogens is 1. The predicted octanol–water partition coefficient (Wildman–Crippen LogP) is 3.42. The first-order valence-corrected chi connectivity index (χ1v) is 9.45. The van der Waals surface area contributed by atoms with Gasteiger partial charge in [0.15, 0.2) is 5.69 Å². The van der Waals surface area contributed by atoms with Crippen molar-refractivity contribution in [2.45, 2.75) is 19.3 Å². The number of fused-ring (bicyclic) bond motifs is 1. The lowest BCUT2D eigenvalue weighted by Gasteiger charge is -2.15. The van der Waals surface area contributed by atoms with E-state index in [1.54, 1.807) is 18.0 Å². The molecule has 1 amide bonds. The molecule has 1 unspecified atom stereocenters. The topological polar surface area (TPSA) is 88.2 Å². The summed E-state index contributed by atoms with van der Waals surface area (Å²) >= 11 is 3.42. The van der Waals surface area contributed by atoms with Crippen molar-refractivity contribution >= 4 is 44.5 Å². The minimum absolute atomic E-state index is 0.0227. The third-order valence-electron chi connectivity index (χ3n) is 4.68. The Balaban J connectivity index is 1.67. The van der Waals surface area contributed by atoms with Crippen LogP contribution in [0.15, 0.2) is 41.3 Å². The number of halogens is 1. The maximum atomic E-state index is 13.0. The van der Waals surface area contributed by atoms with Crippen molar-refractivity contribution in [2.24, 2.45) is 0 Å². The number of esters is 1. The first-order chi connectivity index (χ1) is 13.1. The Kier molecular flexibility index (Phi) is 4.65. The molecule has 1 fully saturated rings. The minimum Gasteiger partial charge on any atom is -0.461 e. The largest absolute Gasteiger partial charge is 0.461 e. The van der Waals surface area contributed by atoms with E-state index in [1.807, 2.05) is 24.3 Å². The summed E-state index contributed by atoms with van der Waals surface area (Å²) in [6.07, 6.45) is 3.74. The highest BCUT2D eigenvalue weighted by atomic mass is 79.9. The van der Waals surface area contributed by atoms with Gasteiger partial charge < -0.3 is 14.6 Å². The van der Waals surface area contributed by atoms with Crippen LogP contribution in [0, 0.1) is 0 Å². The van der Waals surface area contributed by atoms with Gasteiger partial charge in [0.2, 0.25) is 5.91 Å². The molecule has 138 valence electrons. The molecule has 2 aromatic heterocycles. The highest BCUT2D eigenvalue weighted by Crippen LogP contribution is 2.35. The van der Waals surface area contributed by atoms with Gasteiger partial charge in [-0.3, -0.25) is 4.79 Å². The van der Waals surface area contributed by atoms with Crippen LogP contribution in [0.4, 0.5) is 5.69 Å². The molecule has 0 aliphatic carbocycles. The number of aromatic amines is 1. The summed E-state index contributed by atoms with van der Waals surface area (Å²) in [7, 11) is 0. The number of anilines is 1. The van der Waals surface area contributed by atoms with Gasteiger partial charge in [0, 0.05) is 17.2 Å². The molecule has 1 saturated heterocycles. The van der Waals surface area contributed by atoms with Crippen LogP contribution in [0.3, 0.4) is 0 Å². The van der Waals surface area contributed by atoms with E-state index in [0.717, 1.165) is 16.5 Å². The van der Waals surface area contributed by atoms with Crippen molar-refractivity contribution in [2.75, 3.05) is 18.1 Å². The monoisotopic (exact) mass is 428 g/mol. The molecule has 1 atom stereocenters. The fourth-order valence-electron chi connectivity index (χ4n) is 3.41. The Morgan fingerprint density at radius 3 is 2.85 bits per heavy atom. The highest BCUT2D eigenvalue weighted by Gasteiger charge is 2.35. The summed E-state index contributed by atoms with van der Waals surface area (Å²) in [5.74, 6) is -0.678. The molecule has 8 heteroatoms. The number of amides is 1. The van der Waals surface area contributed by atoms with Gasteiger partial charge in [0.1, 0.15) is 17.4 Å². The van der Waals surface area contributed by atoms with E-state index < -0.39 is 5.97 Å². The van der Waals surface area contributed by atoms with Gasteiger partial charge in [0.25, 0.3) is 0 Å². The second-order valence-electron chi connectivity index (χ2n) is 6.22. The predicted molar refractivity (Wildman–Crippen MR) is 104 cm³/mol. The van der Waals surface area contributed by atoms with Crippen LogP contribution in [0.1, 0.15) is 35.3 Å². The van der Waals surface area contributed by atoms with E-state index in [4.69, 9.17) is 4.74 Å². The van der Waals surface area contributed by atoms with Gasteiger partial charge in [-0.25, -0.2) is 14.8 Å². The molecule has 3 aromatic rings. The molecule has 3 heterocycles. The summed E-state index contributed by atoms with van der Waals surface area (Å²) in [6.45, 7) is 2.59. The maximum Gasteiger partial charge on any atom is 0.359 e. The number of ether oxygens (including phenoxy) is 1. The highest BCUT2D eigenvalue weighted by molar-refractivity contribution is 9.10. The quantitative estimate of drug-likeness (QED) is 0.643. The first-order valence-electron chi connectivity index (χ1n) is 8.66. The van der Waals surface area contributed by atoms with Crippen molar-refractivity contribution in [1.82, 2.24) is 15.0 Å². The number of hydrogen-bond acceptors (Lipinski definition) is 5. The molecule has 1 aliphatic heterocycles. The molecule has 4 rings (SSSR count). The average molecular weight is 429 g/mol. The van der Waals surface area contributed by atoms with Crippen LogP contribution in [-0.4, -0.2) is 40.0 Å². The zero-order valence-electron chi connectivity index (χ0n) is 14.6. The second kappa shape index (κ2) is 7.11. The molecule has 0 radical (unpaired) electrons. The van der Waals surface area contributed by atoms with E-state index in [0.29, 0.717) is 23.3 Å². The van der Waals surface area contributed by atoms with Crippen molar-refractivity contribution in [3.8, 4) is 0 Å². The van der Waals surface area contributed by atoms with Crippen LogP contribution >= 0.6 is 15.9 Å². The summed E-state index contributed by atoms with van der Waals surface area (Å²) < 4.78 is 6.02. The standard InChI is InChI=1S/C19H17BrN4O3/c1-2-27-19(26)17-16-15(22-10-23-17)14(9-21-16)24-8-7-13(18(24)25)11-3-5-12(20)6-4-11/h3-6,9-10,13,21H,2,7-8H2,1H3. The summed E-state index contributed by atoms with van der Waals surface area (Å²) in [5.41, 5.74) is 2.84. The Labute approximate surface area is 163 Å². The zero-order chi connectivity index (χ0) is 19.0.